The predicted molar refractivity (Wildman–Crippen MR) is 127 cm³/mol. The first kappa shape index (κ1) is 23.8. The first-order valence-electron chi connectivity index (χ1n) is 10.1. The largest absolute Gasteiger partial charge is 0.484 e. The van der Waals surface area contributed by atoms with Crippen LogP contribution >= 0.6 is 0 Å². The highest BCUT2D eigenvalue weighted by atomic mass is 32.2. The summed E-state index contributed by atoms with van der Waals surface area (Å²) in [5.74, 6) is -0.142. The lowest BCUT2D eigenvalue weighted by Gasteiger charge is -2.12. The Morgan fingerprint density at radius 3 is 2.18 bits per heavy atom. The van der Waals surface area contributed by atoms with E-state index in [-0.39, 0.29) is 23.0 Å². The second kappa shape index (κ2) is 10.2. The molecule has 3 rings (SSSR count). The van der Waals surface area contributed by atoms with Crippen LogP contribution in [-0.2, 0) is 14.8 Å². The average Bonchev–Trinajstić information content (AvgIpc) is 2.79. The van der Waals surface area contributed by atoms with Gasteiger partial charge in [0.15, 0.2) is 6.61 Å². The highest BCUT2D eigenvalue weighted by molar-refractivity contribution is 7.92. The number of carbonyl (C=O) groups excluding carboxylic acids is 2. The SMILES string of the molecule is Cc1ccc(NS(=O)(=O)c2cccc(C(=O)Nc3ccc(OCC(=O)N(C)C)cc3)c2)cc1. The Hall–Kier alpha value is -3.85. The second-order valence-corrected chi connectivity index (χ2v) is 9.24. The smallest absolute Gasteiger partial charge is 0.261 e. The first-order valence-corrected chi connectivity index (χ1v) is 11.6. The van der Waals surface area contributed by atoms with Gasteiger partial charge in [0, 0.05) is 31.0 Å². The Kier molecular flexibility index (Phi) is 7.34. The summed E-state index contributed by atoms with van der Waals surface area (Å²) >= 11 is 0. The monoisotopic (exact) mass is 467 g/mol. The van der Waals surface area contributed by atoms with Crippen LogP contribution in [0.2, 0.25) is 0 Å². The summed E-state index contributed by atoms with van der Waals surface area (Å²) in [5, 5.41) is 2.72. The van der Waals surface area contributed by atoms with Crippen molar-refractivity contribution in [1.29, 1.82) is 0 Å². The van der Waals surface area contributed by atoms with Gasteiger partial charge in [-0.1, -0.05) is 23.8 Å². The van der Waals surface area contributed by atoms with Crippen molar-refractivity contribution in [3.8, 4) is 5.75 Å². The standard InChI is InChI=1S/C24H25N3O5S/c1-17-7-9-20(10-8-17)26-33(30,31)22-6-4-5-18(15-22)24(29)25-19-11-13-21(14-12-19)32-16-23(28)27(2)3/h4-15,26H,16H2,1-3H3,(H,25,29). The van der Waals surface area contributed by atoms with Crippen molar-refractivity contribution in [3.05, 3.63) is 83.9 Å². The number of hydrogen-bond donors (Lipinski definition) is 2. The molecule has 2 N–H and O–H groups in total. The number of aryl methyl sites for hydroxylation is 1. The van der Waals surface area contributed by atoms with Crippen LogP contribution in [0.25, 0.3) is 0 Å². The highest BCUT2D eigenvalue weighted by Crippen LogP contribution is 2.20. The number of nitrogens with zero attached hydrogens (tertiary/aromatic N) is 1. The van der Waals surface area contributed by atoms with Crippen LogP contribution in [0.3, 0.4) is 0 Å². The molecule has 0 radical (unpaired) electrons. The molecule has 0 aliphatic rings. The third-order valence-corrected chi connectivity index (χ3v) is 6.06. The van der Waals surface area contributed by atoms with Gasteiger partial charge in [-0.05, 0) is 61.5 Å². The van der Waals surface area contributed by atoms with E-state index in [1.54, 1.807) is 62.6 Å². The van der Waals surface area contributed by atoms with Crippen molar-refractivity contribution >= 4 is 33.2 Å². The summed E-state index contributed by atoms with van der Waals surface area (Å²) in [6.07, 6.45) is 0. The molecular formula is C24H25N3O5S. The number of rotatable bonds is 8. The minimum absolute atomic E-state index is 0.0231. The minimum Gasteiger partial charge on any atom is -0.484 e. The van der Waals surface area contributed by atoms with Crippen LogP contribution < -0.4 is 14.8 Å². The Labute approximate surface area is 193 Å². The van der Waals surface area contributed by atoms with Gasteiger partial charge in [-0.25, -0.2) is 8.42 Å². The molecule has 9 heteroatoms. The van der Waals surface area contributed by atoms with Gasteiger partial charge < -0.3 is 15.0 Å². The molecule has 8 nitrogen and oxygen atoms in total. The number of nitrogens with one attached hydrogen (secondary N) is 2. The minimum atomic E-state index is -3.86. The summed E-state index contributed by atoms with van der Waals surface area (Å²) in [6.45, 7) is 1.82. The quantitative estimate of drug-likeness (QED) is 0.528. The van der Waals surface area contributed by atoms with Crippen molar-refractivity contribution in [2.24, 2.45) is 0 Å². The lowest BCUT2D eigenvalue weighted by atomic mass is 10.2. The molecule has 3 aromatic rings. The summed E-state index contributed by atoms with van der Waals surface area (Å²) in [5.41, 5.74) is 2.14. The van der Waals surface area contributed by atoms with E-state index in [0.717, 1.165) is 5.56 Å². The van der Waals surface area contributed by atoms with Crippen LogP contribution in [0.1, 0.15) is 15.9 Å². The summed E-state index contributed by atoms with van der Waals surface area (Å²) in [7, 11) is -0.574. The molecule has 3 aromatic carbocycles. The fourth-order valence-electron chi connectivity index (χ4n) is 2.75. The summed E-state index contributed by atoms with van der Waals surface area (Å²) < 4.78 is 33.4. The number of carbonyl (C=O) groups is 2. The van der Waals surface area contributed by atoms with Crippen molar-refractivity contribution in [2.75, 3.05) is 30.7 Å². The van der Waals surface area contributed by atoms with Gasteiger partial charge in [-0.15, -0.1) is 0 Å². The maximum absolute atomic E-state index is 12.7. The molecule has 33 heavy (non-hydrogen) atoms. The van der Waals surface area contributed by atoms with E-state index in [0.29, 0.717) is 17.1 Å². The normalized spacial score (nSPS) is 10.9. The fraction of sp³-hybridized carbons (Fsp3) is 0.167. The molecular weight excluding hydrogens is 442 g/mol. The maximum Gasteiger partial charge on any atom is 0.261 e. The number of ether oxygens (including phenoxy) is 1. The molecule has 0 fully saturated rings. The number of hydrogen-bond acceptors (Lipinski definition) is 5. The van der Waals surface area contributed by atoms with Crippen molar-refractivity contribution < 1.29 is 22.7 Å². The van der Waals surface area contributed by atoms with Crippen LogP contribution in [0.4, 0.5) is 11.4 Å². The zero-order chi connectivity index (χ0) is 24.0. The summed E-state index contributed by atoms with van der Waals surface area (Å²) in [4.78, 5) is 25.7. The molecule has 0 bridgehead atoms. The number of sulfonamides is 1. The molecule has 0 aliphatic heterocycles. The van der Waals surface area contributed by atoms with E-state index < -0.39 is 15.9 Å². The molecule has 0 atom stereocenters. The Morgan fingerprint density at radius 2 is 1.55 bits per heavy atom. The first-order chi connectivity index (χ1) is 15.6. The van der Waals surface area contributed by atoms with E-state index in [4.69, 9.17) is 4.74 Å². The fourth-order valence-corrected chi connectivity index (χ4v) is 3.86. The maximum atomic E-state index is 12.7. The Morgan fingerprint density at radius 1 is 0.909 bits per heavy atom. The number of anilines is 2. The molecule has 0 saturated heterocycles. The summed E-state index contributed by atoms with van der Waals surface area (Å²) in [6, 6.07) is 19.3. The highest BCUT2D eigenvalue weighted by Gasteiger charge is 2.17. The van der Waals surface area contributed by atoms with Crippen LogP contribution in [-0.4, -0.2) is 45.8 Å². The van der Waals surface area contributed by atoms with Gasteiger partial charge >= 0.3 is 0 Å². The van der Waals surface area contributed by atoms with Crippen LogP contribution in [0.15, 0.2) is 77.7 Å². The van der Waals surface area contributed by atoms with Crippen LogP contribution in [0, 0.1) is 6.92 Å². The number of benzene rings is 3. The molecule has 2 amide bonds. The van der Waals surface area contributed by atoms with Crippen molar-refractivity contribution in [2.45, 2.75) is 11.8 Å². The molecule has 0 saturated carbocycles. The van der Waals surface area contributed by atoms with Gasteiger partial charge in [-0.2, -0.15) is 0 Å². The van der Waals surface area contributed by atoms with Crippen LogP contribution in [0.5, 0.6) is 5.75 Å². The third kappa shape index (κ3) is 6.56. The van der Waals surface area contributed by atoms with E-state index in [9.17, 15) is 18.0 Å². The number of amides is 2. The molecule has 0 spiro atoms. The molecule has 0 aromatic heterocycles. The van der Waals surface area contributed by atoms with Gasteiger partial charge in [0.1, 0.15) is 5.75 Å². The second-order valence-electron chi connectivity index (χ2n) is 7.55. The zero-order valence-electron chi connectivity index (χ0n) is 18.5. The van der Waals surface area contributed by atoms with Gasteiger partial charge in [0.2, 0.25) is 0 Å². The van der Waals surface area contributed by atoms with E-state index in [1.807, 2.05) is 6.92 Å². The molecule has 172 valence electrons. The van der Waals surface area contributed by atoms with Crippen molar-refractivity contribution in [3.63, 3.8) is 0 Å². The third-order valence-electron chi connectivity index (χ3n) is 4.68. The topological polar surface area (TPSA) is 105 Å². The van der Waals surface area contributed by atoms with E-state index >= 15 is 0 Å². The lowest BCUT2D eigenvalue weighted by molar-refractivity contribution is -0.130. The van der Waals surface area contributed by atoms with E-state index in [1.165, 1.54) is 29.2 Å². The lowest BCUT2D eigenvalue weighted by Crippen LogP contribution is -2.27. The zero-order valence-corrected chi connectivity index (χ0v) is 19.3. The Balaban J connectivity index is 1.66. The van der Waals surface area contributed by atoms with Gasteiger partial charge in [0.05, 0.1) is 4.90 Å². The number of likely N-dealkylation sites (N-methyl/N-ethyl adjacent to an activating group) is 1. The Bertz CT molecular complexity index is 1240. The average molecular weight is 468 g/mol. The van der Waals surface area contributed by atoms with Crippen molar-refractivity contribution in [1.82, 2.24) is 4.90 Å². The van der Waals surface area contributed by atoms with Gasteiger partial charge in [0.25, 0.3) is 21.8 Å². The molecule has 0 heterocycles. The van der Waals surface area contributed by atoms with E-state index in [2.05, 4.69) is 10.0 Å². The predicted octanol–water partition coefficient (Wildman–Crippen LogP) is 3.52. The molecule has 0 aliphatic carbocycles. The molecule has 0 unspecified atom stereocenters. The van der Waals surface area contributed by atoms with Gasteiger partial charge in [-0.3, -0.25) is 14.3 Å².